The monoisotopic (exact) mass is 333 g/mol. The van der Waals surface area contributed by atoms with Crippen LogP contribution in [-0.4, -0.2) is 17.7 Å². The van der Waals surface area contributed by atoms with Crippen LogP contribution in [0, 0.1) is 0 Å². The third-order valence-electron chi connectivity index (χ3n) is 3.14. The molecule has 1 N–H and O–H groups in total. The number of para-hydroxylation sites is 1. The van der Waals surface area contributed by atoms with Crippen molar-refractivity contribution in [1.82, 2.24) is 5.32 Å². The van der Waals surface area contributed by atoms with E-state index in [1.54, 1.807) is 0 Å². The van der Waals surface area contributed by atoms with Crippen molar-refractivity contribution < 1.29 is 4.74 Å². The standard InChI is InChI=1S/C14H20O.C8H19N/c1-3-5-6-9-12-15-14-11-8-7-10-13(14)4-2;1-7(2,3)9-8(4,5)6/h4,7-8,10-11H,2-3,5-6,9,12H2,1H3;9H,1-6H3. The second-order valence-electron chi connectivity index (χ2n) is 8.28. The summed E-state index contributed by atoms with van der Waals surface area (Å²) < 4.78 is 5.70. The quantitative estimate of drug-likeness (QED) is 0.578. The lowest BCUT2D eigenvalue weighted by Crippen LogP contribution is -2.48. The van der Waals surface area contributed by atoms with Gasteiger partial charge in [0.25, 0.3) is 0 Å². The summed E-state index contributed by atoms with van der Waals surface area (Å²) in [7, 11) is 0. The van der Waals surface area contributed by atoms with E-state index in [0.29, 0.717) is 0 Å². The fourth-order valence-electron chi connectivity index (χ4n) is 2.62. The summed E-state index contributed by atoms with van der Waals surface area (Å²) in [4.78, 5) is 0. The van der Waals surface area contributed by atoms with Crippen molar-refractivity contribution in [3.8, 4) is 5.75 Å². The Labute approximate surface area is 150 Å². The Bertz CT molecular complexity index is 440. The highest BCUT2D eigenvalue weighted by Gasteiger charge is 2.18. The Balaban J connectivity index is 0.000000506. The zero-order chi connectivity index (χ0) is 18.6. The third kappa shape index (κ3) is 13.2. The first-order chi connectivity index (χ1) is 11.1. The van der Waals surface area contributed by atoms with Gasteiger partial charge in [-0.05, 0) is 54.0 Å². The van der Waals surface area contributed by atoms with Crippen molar-refractivity contribution in [3.63, 3.8) is 0 Å². The molecule has 0 aliphatic heterocycles. The fraction of sp³-hybridized carbons (Fsp3) is 0.636. The molecule has 1 aromatic rings. The topological polar surface area (TPSA) is 21.3 Å². The Morgan fingerprint density at radius 2 is 1.54 bits per heavy atom. The van der Waals surface area contributed by atoms with Crippen molar-refractivity contribution in [2.24, 2.45) is 0 Å². The molecule has 0 aliphatic carbocycles. The van der Waals surface area contributed by atoms with Crippen molar-refractivity contribution in [1.29, 1.82) is 0 Å². The zero-order valence-corrected chi connectivity index (χ0v) is 17.0. The molecule has 138 valence electrons. The molecule has 1 rings (SSSR count). The largest absolute Gasteiger partial charge is 0.493 e. The third-order valence-corrected chi connectivity index (χ3v) is 3.14. The van der Waals surface area contributed by atoms with Gasteiger partial charge in [0, 0.05) is 16.6 Å². The van der Waals surface area contributed by atoms with Gasteiger partial charge in [0.2, 0.25) is 0 Å². The number of hydrogen-bond acceptors (Lipinski definition) is 2. The SMILES string of the molecule is C=Cc1ccccc1OCCCCCC.CC(C)(C)NC(C)(C)C. The van der Waals surface area contributed by atoms with E-state index >= 15 is 0 Å². The molecule has 0 saturated heterocycles. The first-order valence-corrected chi connectivity index (χ1v) is 9.22. The first-order valence-electron chi connectivity index (χ1n) is 9.22. The second kappa shape index (κ2) is 11.3. The van der Waals surface area contributed by atoms with Crippen LogP contribution >= 0.6 is 0 Å². The van der Waals surface area contributed by atoms with Crippen LogP contribution in [0.4, 0.5) is 0 Å². The van der Waals surface area contributed by atoms with E-state index < -0.39 is 0 Å². The van der Waals surface area contributed by atoms with Gasteiger partial charge in [0.05, 0.1) is 6.61 Å². The maximum atomic E-state index is 5.70. The highest BCUT2D eigenvalue weighted by atomic mass is 16.5. The summed E-state index contributed by atoms with van der Waals surface area (Å²) in [6.45, 7) is 19.9. The van der Waals surface area contributed by atoms with Crippen molar-refractivity contribution in [3.05, 3.63) is 36.4 Å². The lowest BCUT2D eigenvalue weighted by Gasteiger charge is -2.31. The molecule has 24 heavy (non-hydrogen) atoms. The van der Waals surface area contributed by atoms with Crippen LogP contribution in [0.5, 0.6) is 5.75 Å². The molecule has 0 aliphatic rings. The molecule has 0 radical (unpaired) electrons. The zero-order valence-electron chi connectivity index (χ0n) is 17.0. The normalized spacial score (nSPS) is 11.5. The number of benzene rings is 1. The van der Waals surface area contributed by atoms with Crippen LogP contribution < -0.4 is 10.1 Å². The van der Waals surface area contributed by atoms with Crippen molar-refractivity contribution in [2.45, 2.75) is 85.2 Å². The van der Waals surface area contributed by atoms with Crippen LogP contribution in [0.1, 0.15) is 79.7 Å². The van der Waals surface area contributed by atoms with Crippen LogP contribution in [0.2, 0.25) is 0 Å². The van der Waals surface area contributed by atoms with E-state index in [9.17, 15) is 0 Å². The summed E-state index contributed by atoms with van der Waals surface area (Å²) >= 11 is 0. The molecular weight excluding hydrogens is 294 g/mol. The molecule has 0 saturated carbocycles. The van der Waals surface area contributed by atoms with Gasteiger partial charge in [-0.15, -0.1) is 0 Å². The molecule has 0 aromatic heterocycles. The Kier molecular flexibility index (Phi) is 10.7. The molecule has 1 aromatic carbocycles. The number of rotatable bonds is 7. The smallest absolute Gasteiger partial charge is 0.126 e. The summed E-state index contributed by atoms with van der Waals surface area (Å²) in [5.74, 6) is 0.948. The Morgan fingerprint density at radius 1 is 0.958 bits per heavy atom. The van der Waals surface area contributed by atoms with Gasteiger partial charge in [-0.25, -0.2) is 0 Å². The van der Waals surface area contributed by atoms with Gasteiger partial charge in [0.15, 0.2) is 0 Å². The minimum absolute atomic E-state index is 0.234. The van der Waals surface area contributed by atoms with Gasteiger partial charge >= 0.3 is 0 Å². The molecule has 0 spiro atoms. The van der Waals surface area contributed by atoms with Crippen molar-refractivity contribution in [2.75, 3.05) is 6.61 Å². The highest BCUT2D eigenvalue weighted by molar-refractivity contribution is 5.55. The van der Waals surface area contributed by atoms with Crippen LogP contribution in [0.3, 0.4) is 0 Å². The molecule has 2 heteroatoms. The lowest BCUT2D eigenvalue weighted by atomic mass is 10.0. The number of ether oxygens (including phenoxy) is 1. The lowest BCUT2D eigenvalue weighted by molar-refractivity contribution is 0.303. The van der Waals surface area contributed by atoms with Crippen LogP contribution in [0.15, 0.2) is 30.8 Å². The minimum atomic E-state index is 0.234. The first kappa shape index (κ1) is 22.7. The molecule has 0 unspecified atom stereocenters. The Hall–Kier alpha value is -1.28. The van der Waals surface area contributed by atoms with Gasteiger partial charge < -0.3 is 10.1 Å². The summed E-state index contributed by atoms with van der Waals surface area (Å²) in [6.07, 6.45) is 6.79. The minimum Gasteiger partial charge on any atom is -0.493 e. The van der Waals surface area contributed by atoms with E-state index in [-0.39, 0.29) is 11.1 Å². The van der Waals surface area contributed by atoms with Crippen LogP contribution in [0.25, 0.3) is 6.08 Å². The summed E-state index contributed by atoms with van der Waals surface area (Å²) in [5.41, 5.74) is 1.55. The maximum Gasteiger partial charge on any atom is 0.126 e. The van der Waals surface area contributed by atoms with Crippen LogP contribution in [-0.2, 0) is 0 Å². The molecule has 0 atom stereocenters. The number of nitrogens with one attached hydrogen (secondary N) is 1. The van der Waals surface area contributed by atoms with Crippen molar-refractivity contribution >= 4 is 6.08 Å². The molecule has 0 heterocycles. The molecule has 0 fully saturated rings. The molecule has 0 amide bonds. The summed E-state index contributed by atoms with van der Waals surface area (Å²) in [6, 6.07) is 8.01. The van der Waals surface area contributed by atoms with E-state index in [0.717, 1.165) is 24.3 Å². The van der Waals surface area contributed by atoms with Gasteiger partial charge in [-0.2, -0.15) is 0 Å². The van der Waals surface area contributed by atoms with E-state index in [2.05, 4.69) is 60.4 Å². The molecule has 2 nitrogen and oxygen atoms in total. The van der Waals surface area contributed by atoms with Gasteiger partial charge in [-0.1, -0.05) is 57.0 Å². The van der Waals surface area contributed by atoms with Gasteiger partial charge in [-0.3, -0.25) is 0 Å². The second-order valence-corrected chi connectivity index (χ2v) is 8.28. The highest BCUT2D eigenvalue weighted by Crippen LogP contribution is 2.19. The average molecular weight is 334 g/mol. The predicted molar refractivity (Wildman–Crippen MR) is 109 cm³/mol. The molecule has 0 bridgehead atoms. The van der Waals surface area contributed by atoms with E-state index in [4.69, 9.17) is 4.74 Å². The fourth-order valence-corrected chi connectivity index (χ4v) is 2.62. The predicted octanol–water partition coefficient (Wildman–Crippen LogP) is 6.46. The number of hydrogen-bond donors (Lipinski definition) is 1. The van der Waals surface area contributed by atoms with E-state index in [1.165, 1.54) is 19.3 Å². The Morgan fingerprint density at radius 3 is 2.00 bits per heavy atom. The molecular formula is C22H39NO. The maximum absolute atomic E-state index is 5.70. The number of unbranched alkanes of at least 4 members (excludes halogenated alkanes) is 3. The van der Waals surface area contributed by atoms with E-state index in [1.807, 2.05) is 30.3 Å². The average Bonchev–Trinajstić information content (AvgIpc) is 2.44. The summed E-state index contributed by atoms with van der Waals surface area (Å²) in [5, 5.41) is 3.46. The van der Waals surface area contributed by atoms with Gasteiger partial charge in [0.1, 0.15) is 5.75 Å².